The molecule has 8 nitrogen and oxygen atoms in total. The van der Waals surface area contributed by atoms with Gasteiger partial charge in [0.2, 0.25) is 0 Å². The summed E-state index contributed by atoms with van der Waals surface area (Å²) in [6.45, 7) is 8.46. The highest BCUT2D eigenvalue weighted by Gasteiger charge is 2.21. The molecular weight excluding hydrogens is 392 g/mol. The Morgan fingerprint density at radius 3 is 2.55 bits per heavy atom. The van der Waals surface area contributed by atoms with Crippen LogP contribution in [0.15, 0.2) is 29.2 Å². The largest absolute Gasteiger partial charge is 0.396 e. The predicted octanol–water partition coefficient (Wildman–Crippen LogP) is 1.23. The summed E-state index contributed by atoms with van der Waals surface area (Å²) in [5.41, 5.74) is 1.99. The summed E-state index contributed by atoms with van der Waals surface area (Å²) in [6.07, 6.45) is 0. The lowest BCUT2D eigenvalue weighted by Gasteiger charge is -2.26. The van der Waals surface area contributed by atoms with Gasteiger partial charge in [0, 0.05) is 45.0 Å². The molecule has 0 spiro atoms. The van der Waals surface area contributed by atoms with Crippen molar-refractivity contribution in [3.63, 3.8) is 0 Å². The first-order chi connectivity index (χ1) is 13.9. The van der Waals surface area contributed by atoms with Gasteiger partial charge < -0.3 is 15.2 Å². The summed E-state index contributed by atoms with van der Waals surface area (Å²) < 4.78 is 32.6. The van der Waals surface area contributed by atoms with Crippen molar-refractivity contribution in [2.45, 2.75) is 13.8 Å². The van der Waals surface area contributed by atoms with Crippen molar-refractivity contribution in [1.82, 2.24) is 9.62 Å². The molecule has 1 aromatic rings. The van der Waals surface area contributed by atoms with E-state index in [2.05, 4.69) is 14.9 Å². The number of hydrogen-bond acceptors (Lipinski definition) is 7. The molecule has 1 aliphatic rings. The molecule has 2 rings (SSSR count). The molecule has 1 saturated heterocycles. The molecular formula is C20H30N4O4S. The molecule has 0 radical (unpaired) electrons. The summed E-state index contributed by atoms with van der Waals surface area (Å²) >= 11 is 0. The van der Waals surface area contributed by atoms with E-state index < -0.39 is 10.0 Å². The van der Waals surface area contributed by atoms with Crippen molar-refractivity contribution in [1.29, 1.82) is 5.26 Å². The number of hydrogen-bond donors (Lipinski definition) is 3. The number of morpholine rings is 1. The van der Waals surface area contributed by atoms with Crippen molar-refractivity contribution in [3.8, 4) is 6.07 Å². The molecule has 1 atom stereocenters. The van der Waals surface area contributed by atoms with E-state index in [1.54, 1.807) is 32.0 Å². The van der Waals surface area contributed by atoms with Gasteiger partial charge in [-0.3, -0.25) is 4.90 Å². The van der Waals surface area contributed by atoms with Gasteiger partial charge in [-0.25, -0.2) is 13.1 Å². The number of nitrogens with one attached hydrogen (secondary N) is 2. The number of nitrogens with zero attached hydrogens (tertiary/aromatic N) is 2. The molecule has 0 amide bonds. The molecule has 0 aromatic heterocycles. The number of anilines is 1. The number of aliphatic hydroxyl groups is 1. The zero-order valence-electron chi connectivity index (χ0n) is 17.0. The molecule has 1 fully saturated rings. The number of benzene rings is 1. The van der Waals surface area contributed by atoms with E-state index in [1.165, 1.54) is 0 Å². The standard InChI is InChI=1S/C20H30N4O4S/c1-16(15-25)14-23-29(26,27)20(13-21)17(2)18-3-5-19(6-4-18)22-7-8-24-9-11-28-12-10-24/h3-6,16,22-23,25H,7-12,14-15H2,1-2H3/b20-17+. The first-order valence-electron chi connectivity index (χ1n) is 9.73. The lowest BCUT2D eigenvalue weighted by molar-refractivity contribution is 0.0398. The maximum Gasteiger partial charge on any atom is 0.251 e. The summed E-state index contributed by atoms with van der Waals surface area (Å²) in [7, 11) is -3.94. The lowest BCUT2D eigenvalue weighted by atomic mass is 10.1. The minimum atomic E-state index is -3.94. The van der Waals surface area contributed by atoms with Crippen molar-refractivity contribution in [3.05, 3.63) is 34.7 Å². The van der Waals surface area contributed by atoms with Gasteiger partial charge in [0.1, 0.15) is 6.07 Å². The number of allylic oxidation sites excluding steroid dienone is 2. The van der Waals surface area contributed by atoms with Crippen LogP contribution >= 0.6 is 0 Å². The van der Waals surface area contributed by atoms with Gasteiger partial charge in [0.05, 0.1) is 13.2 Å². The molecule has 1 unspecified atom stereocenters. The summed E-state index contributed by atoms with van der Waals surface area (Å²) in [6, 6.07) is 9.16. The van der Waals surface area contributed by atoms with E-state index in [4.69, 9.17) is 9.84 Å². The van der Waals surface area contributed by atoms with E-state index in [0.717, 1.165) is 45.1 Å². The van der Waals surface area contributed by atoms with Crippen LogP contribution in [0.3, 0.4) is 0 Å². The third-order valence-electron chi connectivity index (χ3n) is 4.82. The summed E-state index contributed by atoms with van der Waals surface area (Å²) in [5, 5.41) is 21.8. The van der Waals surface area contributed by atoms with Crippen LogP contribution in [0, 0.1) is 17.2 Å². The number of ether oxygens (including phenoxy) is 1. The monoisotopic (exact) mass is 422 g/mol. The minimum Gasteiger partial charge on any atom is -0.396 e. The zero-order chi connectivity index (χ0) is 21.3. The molecule has 160 valence electrons. The van der Waals surface area contributed by atoms with E-state index in [9.17, 15) is 13.7 Å². The topological polar surface area (TPSA) is 115 Å². The van der Waals surface area contributed by atoms with Crippen LogP contribution in [0.2, 0.25) is 0 Å². The van der Waals surface area contributed by atoms with E-state index in [1.807, 2.05) is 12.1 Å². The highest BCUT2D eigenvalue weighted by atomic mass is 32.2. The van der Waals surface area contributed by atoms with Crippen molar-refractivity contribution in [2.75, 3.05) is 57.9 Å². The van der Waals surface area contributed by atoms with Crippen LogP contribution in [0.25, 0.3) is 5.57 Å². The second-order valence-electron chi connectivity index (χ2n) is 7.16. The van der Waals surface area contributed by atoms with Crippen LogP contribution < -0.4 is 10.0 Å². The maximum absolute atomic E-state index is 12.5. The van der Waals surface area contributed by atoms with Gasteiger partial charge in [-0.1, -0.05) is 19.1 Å². The van der Waals surface area contributed by atoms with Crippen molar-refractivity contribution >= 4 is 21.3 Å². The molecule has 1 aromatic carbocycles. The Hall–Kier alpha value is -1.96. The Morgan fingerprint density at radius 1 is 1.31 bits per heavy atom. The second kappa shape index (κ2) is 11.3. The number of aliphatic hydroxyl groups excluding tert-OH is 1. The Bertz CT molecular complexity index is 825. The third-order valence-corrected chi connectivity index (χ3v) is 6.30. The molecule has 9 heteroatoms. The highest BCUT2D eigenvalue weighted by Crippen LogP contribution is 2.23. The number of nitriles is 1. The molecule has 0 saturated carbocycles. The fourth-order valence-corrected chi connectivity index (χ4v) is 4.18. The smallest absolute Gasteiger partial charge is 0.251 e. The van der Waals surface area contributed by atoms with E-state index in [-0.39, 0.29) is 24.0 Å². The average Bonchev–Trinajstić information content (AvgIpc) is 2.73. The zero-order valence-corrected chi connectivity index (χ0v) is 17.8. The van der Waals surface area contributed by atoms with Gasteiger partial charge in [-0.2, -0.15) is 5.26 Å². The first kappa shape index (κ1) is 23.3. The average molecular weight is 423 g/mol. The van der Waals surface area contributed by atoms with Crippen LogP contribution in [0.5, 0.6) is 0 Å². The maximum atomic E-state index is 12.5. The van der Waals surface area contributed by atoms with Crippen molar-refractivity contribution in [2.24, 2.45) is 5.92 Å². The predicted molar refractivity (Wildman–Crippen MR) is 114 cm³/mol. The lowest BCUT2D eigenvalue weighted by Crippen LogP contribution is -2.38. The Labute approximate surface area is 173 Å². The molecule has 0 aliphatic carbocycles. The summed E-state index contributed by atoms with van der Waals surface area (Å²) in [4.78, 5) is 2.03. The first-order valence-corrected chi connectivity index (χ1v) is 11.2. The van der Waals surface area contributed by atoms with E-state index >= 15 is 0 Å². The quantitative estimate of drug-likeness (QED) is 0.486. The van der Waals surface area contributed by atoms with Gasteiger partial charge in [0.15, 0.2) is 4.91 Å². The molecule has 0 bridgehead atoms. The van der Waals surface area contributed by atoms with Crippen LogP contribution in [-0.2, 0) is 14.8 Å². The Kier molecular flexibility index (Phi) is 9.07. The van der Waals surface area contributed by atoms with E-state index in [0.29, 0.717) is 11.1 Å². The molecule has 1 aliphatic heterocycles. The van der Waals surface area contributed by atoms with Crippen molar-refractivity contribution < 1.29 is 18.3 Å². The normalized spacial score (nSPS) is 17.3. The highest BCUT2D eigenvalue weighted by molar-refractivity contribution is 7.93. The fraction of sp³-hybridized carbons (Fsp3) is 0.550. The molecule has 29 heavy (non-hydrogen) atoms. The van der Waals surface area contributed by atoms with Crippen LogP contribution in [0.4, 0.5) is 5.69 Å². The van der Waals surface area contributed by atoms with Gasteiger partial charge in [-0.15, -0.1) is 0 Å². The van der Waals surface area contributed by atoms with Gasteiger partial charge >= 0.3 is 0 Å². The number of rotatable bonds is 10. The van der Waals surface area contributed by atoms with Gasteiger partial charge in [-0.05, 0) is 36.1 Å². The van der Waals surface area contributed by atoms with Crippen LogP contribution in [0.1, 0.15) is 19.4 Å². The second-order valence-corrected chi connectivity index (χ2v) is 8.87. The molecule has 1 heterocycles. The third kappa shape index (κ3) is 7.10. The summed E-state index contributed by atoms with van der Waals surface area (Å²) in [5.74, 6) is -0.229. The number of sulfonamides is 1. The van der Waals surface area contributed by atoms with Crippen LogP contribution in [-0.4, -0.2) is 71.0 Å². The minimum absolute atomic E-state index is 0.0727. The Balaban J connectivity index is 2.01. The Morgan fingerprint density at radius 2 is 1.97 bits per heavy atom. The molecule has 3 N–H and O–H groups in total. The fourth-order valence-electron chi connectivity index (χ4n) is 2.89. The SMILES string of the molecule is C/C(=C(/C#N)S(=O)(=O)NCC(C)CO)c1ccc(NCCN2CCOCC2)cc1. The van der Waals surface area contributed by atoms with Gasteiger partial charge in [0.25, 0.3) is 10.0 Å².